The van der Waals surface area contributed by atoms with Crippen LogP contribution < -0.4 is 5.32 Å². The highest BCUT2D eigenvalue weighted by Gasteiger charge is 2.25. The maximum Gasteiger partial charge on any atom is 0.317 e. The highest BCUT2D eigenvalue weighted by Crippen LogP contribution is 2.27. The molecule has 1 aliphatic carbocycles. The van der Waals surface area contributed by atoms with Gasteiger partial charge in [-0.2, -0.15) is 0 Å². The van der Waals surface area contributed by atoms with Crippen LogP contribution in [0, 0.1) is 5.92 Å². The summed E-state index contributed by atoms with van der Waals surface area (Å²) in [6.45, 7) is 4.30. The minimum Gasteiger partial charge on any atom is -0.481 e. The lowest BCUT2D eigenvalue weighted by Gasteiger charge is -2.34. The van der Waals surface area contributed by atoms with Gasteiger partial charge in [0.05, 0.1) is 6.42 Å². The highest BCUT2D eigenvalue weighted by atomic mass is 16.4. The number of carboxylic acid groups (broad SMARTS) is 1. The van der Waals surface area contributed by atoms with Crippen LogP contribution in [0.1, 0.15) is 19.3 Å². The predicted molar refractivity (Wildman–Crippen MR) is 66.4 cm³/mol. The van der Waals surface area contributed by atoms with Crippen LogP contribution in [-0.2, 0) is 4.79 Å². The summed E-state index contributed by atoms with van der Waals surface area (Å²) in [6.07, 6.45) is 2.65. The number of amides is 2. The van der Waals surface area contributed by atoms with Crippen molar-refractivity contribution in [1.29, 1.82) is 0 Å². The van der Waals surface area contributed by atoms with Crippen molar-refractivity contribution in [2.45, 2.75) is 19.3 Å². The lowest BCUT2D eigenvalue weighted by atomic mass is 10.3. The molecule has 102 valence electrons. The lowest BCUT2D eigenvalue weighted by molar-refractivity contribution is -0.137. The summed E-state index contributed by atoms with van der Waals surface area (Å²) in [4.78, 5) is 26.2. The molecule has 0 aromatic heterocycles. The summed E-state index contributed by atoms with van der Waals surface area (Å²) in [5, 5.41) is 11.6. The normalized spacial score (nSPS) is 20.8. The van der Waals surface area contributed by atoms with Crippen molar-refractivity contribution in [3.8, 4) is 0 Å². The molecule has 18 heavy (non-hydrogen) atoms. The average Bonchev–Trinajstić information content (AvgIpc) is 3.18. The van der Waals surface area contributed by atoms with E-state index < -0.39 is 5.97 Å². The zero-order valence-corrected chi connectivity index (χ0v) is 10.6. The van der Waals surface area contributed by atoms with E-state index in [9.17, 15) is 9.59 Å². The molecule has 0 radical (unpaired) electrons. The van der Waals surface area contributed by atoms with Gasteiger partial charge in [0.1, 0.15) is 0 Å². The number of aliphatic carboxylic acids is 1. The molecule has 6 nitrogen and oxygen atoms in total. The fraction of sp³-hybridized carbons (Fsp3) is 0.833. The Morgan fingerprint density at radius 1 is 1.17 bits per heavy atom. The van der Waals surface area contributed by atoms with Crippen molar-refractivity contribution in [2.75, 3.05) is 39.3 Å². The molecule has 1 saturated heterocycles. The molecule has 2 N–H and O–H groups in total. The fourth-order valence-electron chi connectivity index (χ4n) is 2.09. The Bertz CT molecular complexity index is 310. The topological polar surface area (TPSA) is 72.9 Å². The third-order valence-electron chi connectivity index (χ3n) is 3.54. The van der Waals surface area contributed by atoms with Gasteiger partial charge in [0.15, 0.2) is 0 Å². The van der Waals surface area contributed by atoms with Crippen molar-refractivity contribution in [3.05, 3.63) is 0 Å². The summed E-state index contributed by atoms with van der Waals surface area (Å²) in [5.74, 6) is -0.0644. The van der Waals surface area contributed by atoms with Crippen molar-refractivity contribution in [2.24, 2.45) is 5.92 Å². The molecule has 2 rings (SSSR count). The van der Waals surface area contributed by atoms with Crippen LogP contribution in [0.2, 0.25) is 0 Å². The number of urea groups is 1. The second-order valence-corrected chi connectivity index (χ2v) is 5.10. The van der Waals surface area contributed by atoms with Gasteiger partial charge in [0.2, 0.25) is 0 Å². The number of carbonyl (C=O) groups is 2. The largest absolute Gasteiger partial charge is 0.481 e. The Balaban J connectivity index is 1.62. The monoisotopic (exact) mass is 255 g/mol. The first-order valence-electron chi connectivity index (χ1n) is 6.62. The van der Waals surface area contributed by atoms with Gasteiger partial charge in [0.25, 0.3) is 0 Å². The number of piperazine rings is 1. The van der Waals surface area contributed by atoms with Gasteiger partial charge in [-0.1, -0.05) is 0 Å². The molecular weight excluding hydrogens is 234 g/mol. The molecule has 0 spiro atoms. The Labute approximate surface area is 107 Å². The first-order chi connectivity index (χ1) is 8.65. The van der Waals surface area contributed by atoms with E-state index in [0.29, 0.717) is 25.6 Å². The first-order valence-corrected chi connectivity index (χ1v) is 6.62. The van der Waals surface area contributed by atoms with Crippen LogP contribution in [0.3, 0.4) is 0 Å². The van der Waals surface area contributed by atoms with E-state index in [-0.39, 0.29) is 12.5 Å². The number of hydrogen-bond acceptors (Lipinski definition) is 3. The van der Waals surface area contributed by atoms with Gasteiger partial charge in [-0.05, 0) is 18.8 Å². The van der Waals surface area contributed by atoms with E-state index in [1.165, 1.54) is 12.8 Å². The minimum absolute atomic E-state index is 0.0276. The summed E-state index contributed by atoms with van der Waals surface area (Å²) in [6, 6.07) is 0.0276. The molecule has 6 heteroatoms. The van der Waals surface area contributed by atoms with Gasteiger partial charge < -0.3 is 15.3 Å². The zero-order chi connectivity index (χ0) is 13.0. The maximum absolute atomic E-state index is 11.8. The zero-order valence-electron chi connectivity index (χ0n) is 10.6. The van der Waals surface area contributed by atoms with Crippen LogP contribution in [0.4, 0.5) is 4.79 Å². The summed E-state index contributed by atoms with van der Waals surface area (Å²) >= 11 is 0. The first kappa shape index (κ1) is 13.1. The molecule has 1 saturated carbocycles. The molecule has 2 aliphatic rings. The minimum atomic E-state index is -0.764. The van der Waals surface area contributed by atoms with E-state index in [0.717, 1.165) is 19.6 Å². The molecular formula is C12H21N3O3. The summed E-state index contributed by atoms with van der Waals surface area (Å²) in [5.41, 5.74) is 0. The fourth-order valence-corrected chi connectivity index (χ4v) is 2.09. The van der Waals surface area contributed by atoms with Gasteiger partial charge >= 0.3 is 12.0 Å². The van der Waals surface area contributed by atoms with Gasteiger partial charge in [-0.15, -0.1) is 0 Å². The molecule has 1 heterocycles. The Morgan fingerprint density at radius 3 is 2.39 bits per heavy atom. The van der Waals surface area contributed by atoms with Crippen LogP contribution in [0.5, 0.6) is 0 Å². The Hall–Kier alpha value is -1.30. The quantitative estimate of drug-likeness (QED) is 0.736. The van der Waals surface area contributed by atoms with Gasteiger partial charge in [0, 0.05) is 39.3 Å². The molecule has 0 aromatic rings. The molecule has 0 bridgehead atoms. The average molecular weight is 255 g/mol. The number of nitrogens with zero attached hydrogens (tertiary/aromatic N) is 2. The number of rotatable bonds is 5. The summed E-state index contributed by atoms with van der Waals surface area (Å²) in [7, 11) is 0. The SMILES string of the molecule is O=C(O)CCN1CCN(C(=O)NCC2CC2)CC1. The highest BCUT2D eigenvalue weighted by molar-refractivity contribution is 5.74. The Kier molecular flexibility index (Phi) is 4.41. The Morgan fingerprint density at radius 2 is 1.83 bits per heavy atom. The van der Waals surface area contributed by atoms with Crippen LogP contribution >= 0.6 is 0 Å². The van der Waals surface area contributed by atoms with Crippen molar-refractivity contribution >= 4 is 12.0 Å². The number of hydrogen-bond donors (Lipinski definition) is 2. The molecule has 0 aromatic carbocycles. The molecule has 2 fully saturated rings. The second kappa shape index (κ2) is 6.04. The number of nitrogens with one attached hydrogen (secondary N) is 1. The second-order valence-electron chi connectivity index (χ2n) is 5.10. The van der Waals surface area contributed by atoms with Crippen LogP contribution in [0.15, 0.2) is 0 Å². The van der Waals surface area contributed by atoms with Gasteiger partial charge in [-0.25, -0.2) is 4.79 Å². The molecule has 0 atom stereocenters. The van der Waals surface area contributed by atoms with Crippen LogP contribution in [0.25, 0.3) is 0 Å². The van der Waals surface area contributed by atoms with E-state index in [1.54, 1.807) is 0 Å². The number of carbonyl (C=O) groups excluding carboxylic acids is 1. The van der Waals surface area contributed by atoms with E-state index in [2.05, 4.69) is 10.2 Å². The summed E-state index contributed by atoms with van der Waals surface area (Å²) < 4.78 is 0. The van der Waals surface area contributed by atoms with E-state index in [1.807, 2.05) is 4.90 Å². The number of carboxylic acids is 1. The van der Waals surface area contributed by atoms with Crippen molar-refractivity contribution in [3.63, 3.8) is 0 Å². The van der Waals surface area contributed by atoms with E-state index in [4.69, 9.17) is 5.11 Å². The van der Waals surface area contributed by atoms with E-state index >= 15 is 0 Å². The van der Waals surface area contributed by atoms with Crippen molar-refractivity contribution in [1.82, 2.24) is 15.1 Å². The maximum atomic E-state index is 11.8. The standard InChI is InChI=1S/C12H21N3O3/c16-11(17)3-4-14-5-7-15(8-6-14)12(18)13-9-10-1-2-10/h10H,1-9H2,(H,13,18)(H,16,17). The third kappa shape index (κ3) is 4.18. The van der Waals surface area contributed by atoms with Crippen LogP contribution in [-0.4, -0.2) is 66.2 Å². The molecule has 0 unspecified atom stereocenters. The third-order valence-corrected chi connectivity index (χ3v) is 3.54. The van der Waals surface area contributed by atoms with Crippen molar-refractivity contribution < 1.29 is 14.7 Å². The molecule has 1 aliphatic heterocycles. The predicted octanol–water partition coefficient (Wildman–Crippen LogP) is 0.198. The smallest absolute Gasteiger partial charge is 0.317 e. The van der Waals surface area contributed by atoms with Gasteiger partial charge in [-0.3, -0.25) is 9.69 Å². The lowest BCUT2D eigenvalue weighted by Crippen LogP contribution is -2.52. The molecule has 2 amide bonds.